The molecular formula is C23H30N4O5S. The molecule has 2 aromatic carbocycles. The number of non-ortho nitro benzene ring substituents is 1. The Kier molecular flexibility index (Phi) is 7.26. The molecular weight excluding hydrogens is 444 g/mol. The molecule has 0 spiro atoms. The molecule has 1 aliphatic carbocycles. The molecule has 0 unspecified atom stereocenters. The minimum Gasteiger partial charge on any atom is -0.495 e. The molecule has 9 nitrogen and oxygen atoms in total. The molecule has 3 rings (SSSR count). The Bertz CT molecular complexity index is 1150. The minimum atomic E-state index is -4.18. The predicted octanol–water partition coefficient (Wildman–Crippen LogP) is 5.41. The van der Waals surface area contributed by atoms with Gasteiger partial charge in [0.2, 0.25) is 0 Å². The van der Waals surface area contributed by atoms with Crippen LogP contribution in [0.2, 0.25) is 0 Å². The van der Waals surface area contributed by atoms with Gasteiger partial charge in [-0.2, -0.15) is 5.10 Å². The summed E-state index contributed by atoms with van der Waals surface area (Å²) in [5.74, 6) is 0.939. The van der Waals surface area contributed by atoms with Crippen LogP contribution in [-0.4, -0.2) is 26.2 Å². The molecule has 1 saturated carbocycles. The van der Waals surface area contributed by atoms with Gasteiger partial charge in [0.1, 0.15) is 10.6 Å². The highest BCUT2D eigenvalue weighted by molar-refractivity contribution is 7.93. The van der Waals surface area contributed by atoms with Crippen LogP contribution >= 0.6 is 0 Å². The van der Waals surface area contributed by atoms with Gasteiger partial charge in [0.05, 0.1) is 23.4 Å². The summed E-state index contributed by atoms with van der Waals surface area (Å²) < 4.78 is 34.0. The minimum absolute atomic E-state index is 0.161. The average molecular weight is 475 g/mol. The maximum absolute atomic E-state index is 13.2. The van der Waals surface area contributed by atoms with E-state index in [0.717, 1.165) is 37.5 Å². The summed E-state index contributed by atoms with van der Waals surface area (Å²) in [7, 11) is -2.75. The number of rotatable bonds is 7. The fraction of sp³-hybridized carbons (Fsp3) is 0.435. The maximum atomic E-state index is 13.2. The summed E-state index contributed by atoms with van der Waals surface area (Å²) in [5, 5.41) is 15.7. The van der Waals surface area contributed by atoms with E-state index in [0.29, 0.717) is 11.7 Å². The van der Waals surface area contributed by atoms with Crippen LogP contribution in [0.4, 0.5) is 17.1 Å². The SMILES string of the molecule is COc1ccccc1NS(=O)(=O)c1cc([N+](=O)[O-])ccc1NN=C1CCC(C(C)(C)C)CC1. The van der Waals surface area contributed by atoms with Crippen LogP contribution in [0.3, 0.4) is 0 Å². The predicted molar refractivity (Wildman–Crippen MR) is 129 cm³/mol. The number of nitrogens with zero attached hydrogens (tertiary/aromatic N) is 2. The molecule has 0 radical (unpaired) electrons. The normalized spacial score (nSPS) is 16.7. The third kappa shape index (κ3) is 6.01. The Morgan fingerprint density at radius 2 is 1.76 bits per heavy atom. The lowest BCUT2D eigenvalue weighted by Gasteiger charge is -2.34. The Morgan fingerprint density at radius 3 is 2.36 bits per heavy atom. The van der Waals surface area contributed by atoms with Crippen LogP contribution in [-0.2, 0) is 10.0 Å². The van der Waals surface area contributed by atoms with Crippen molar-refractivity contribution < 1.29 is 18.1 Å². The number of methoxy groups -OCH3 is 1. The molecule has 2 N–H and O–H groups in total. The topological polar surface area (TPSA) is 123 Å². The van der Waals surface area contributed by atoms with Crippen molar-refractivity contribution in [1.82, 2.24) is 0 Å². The van der Waals surface area contributed by atoms with Gasteiger partial charge in [-0.15, -0.1) is 0 Å². The molecule has 0 amide bonds. The molecule has 0 heterocycles. The monoisotopic (exact) mass is 474 g/mol. The zero-order valence-electron chi connectivity index (χ0n) is 19.3. The number of ether oxygens (including phenoxy) is 1. The van der Waals surface area contributed by atoms with Crippen LogP contribution in [0.5, 0.6) is 5.75 Å². The van der Waals surface area contributed by atoms with Crippen LogP contribution in [0, 0.1) is 21.4 Å². The highest BCUT2D eigenvalue weighted by Crippen LogP contribution is 2.37. The van der Waals surface area contributed by atoms with Crippen molar-refractivity contribution >= 4 is 32.8 Å². The standard InChI is InChI=1S/C23H30N4O5S/c1-23(2,3)16-9-11-17(12-10-16)24-25-20-14-13-18(27(28)29)15-22(20)33(30,31)26-19-7-5-6-8-21(19)32-4/h5-8,13-16,25-26H,9-12H2,1-4H3. The first-order valence-electron chi connectivity index (χ1n) is 10.8. The van der Waals surface area contributed by atoms with E-state index in [4.69, 9.17) is 4.74 Å². The summed E-state index contributed by atoms with van der Waals surface area (Å²) in [4.78, 5) is 10.4. The average Bonchev–Trinajstić information content (AvgIpc) is 2.77. The Hall–Kier alpha value is -3.14. The van der Waals surface area contributed by atoms with Crippen molar-refractivity contribution in [2.24, 2.45) is 16.4 Å². The van der Waals surface area contributed by atoms with Crippen LogP contribution < -0.4 is 14.9 Å². The summed E-state index contributed by atoms with van der Waals surface area (Å²) in [6.07, 6.45) is 3.68. The van der Waals surface area contributed by atoms with Gasteiger partial charge in [0.25, 0.3) is 15.7 Å². The van der Waals surface area contributed by atoms with Crippen LogP contribution in [0.15, 0.2) is 52.5 Å². The molecule has 2 aromatic rings. The molecule has 1 aliphatic rings. The van der Waals surface area contributed by atoms with E-state index in [1.54, 1.807) is 24.3 Å². The van der Waals surface area contributed by atoms with Gasteiger partial charge >= 0.3 is 0 Å². The Morgan fingerprint density at radius 1 is 1.09 bits per heavy atom. The number of hydrogen-bond acceptors (Lipinski definition) is 7. The van der Waals surface area contributed by atoms with Gasteiger partial charge in [-0.1, -0.05) is 32.9 Å². The van der Waals surface area contributed by atoms with Gasteiger partial charge in [-0.25, -0.2) is 8.42 Å². The Balaban J connectivity index is 1.88. The molecule has 10 heteroatoms. The van der Waals surface area contributed by atoms with Crippen LogP contribution in [0.25, 0.3) is 0 Å². The number of hydrazone groups is 1. The fourth-order valence-corrected chi connectivity index (χ4v) is 5.18. The lowest BCUT2D eigenvalue weighted by atomic mass is 9.72. The largest absolute Gasteiger partial charge is 0.495 e. The quantitative estimate of drug-likeness (QED) is 0.409. The van der Waals surface area contributed by atoms with E-state index < -0.39 is 14.9 Å². The molecule has 178 valence electrons. The second-order valence-corrected chi connectivity index (χ2v) is 10.8. The number of nitrogens with one attached hydrogen (secondary N) is 2. The van der Waals surface area contributed by atoms with Crippen molar-refractivity contribution in [1.29, 1.82) is 0 Å². The Labute approximate surface area is 194 Å². The number of para-hydroxylation sites is 2. The highest BCUT2D eigenvalue weighted by atomic mass is 32.2. The number of hydrogen-bond donors (Lipinski definition) is 2. The van der Waals surface area contributed by atoms with E-state index in [1.807, 2.05) is 0 Å². The molecule has 0 aromatic heterocycles. The molecule has 0 saturated heterocycles. The number of anilines is 2. The molecule has 0 aliphatic heterocycles. The zero-order valence-corrected chi connectivity index (χ0v) is 20.1. The molecule has 0 atom stereocenters. The lowest BCUT2D eigenvalue weighted by Crippen LogP contribution is -2.26. The van der Waals surface area contributed by atoms with Gasteiger partial charge in [-0.3, -0.25) is 20.3 Å². The first kappa shape index (κ1) is 24.5. The number of sulfonamides is 1. The number of nitro benzene ring substituents is 1. The molecule has 33 heavy (non-hydrogen) atoms. The van der Waals surface area contributed by atoms with Crippen molar-refractivity contribution in [3.63, 3.8) is 0 Å². The summed E-state index contributed by atoms with van der Waals surface area (Å²) >= 11 is 0. The summed E-state index contributed by atoms with van der Waals surface area (Å²) in [6, 6.07) is 10.2. The second kappa shape index (κ2) is 9.78. The maximum Gasteiger partial charge on any atom is 0.270 e. The van der Waals surface area contributed by atoms with Crippen LogP contribution in [0.1, 0.15) is 46.5 Å². The van der Waals surface area contributed by atoms with E-state index in [-0.39, 0.29) is 27.4 Å². The third-order valence-corrected chi connectivity index (χ3v) is 7.34. The lowest BCUT2D eigenvalue weighted by molar-refractivity contribution is -0.385. The van der Waals surface area contributed by atoms with E-state index in [1.165, 1.54) is 19.2 Å². The third-order valence-electron chi connectivity index (χ3n) is 5.94. The molecule has 1 fully saturated rings. The van der Waals surface area contributed by atoms with E-state index in [2.05, 4.69) is 36.0 Å². The first-order chi connectivity index (χ1) is 15.5. The van der Waals surface area contributed by atoms with Crippen molar-refractivity contribution in [3.8, 4) is 5.75 Å². The number of benzene rings is 2. The van der Waals surface area contributed by atoms with Gasteiger partial charge < -0.3 is 4.74 Å². The molecule has 0 bridgehead atoms. The fourth-order valence-electron chi connectivity index (χ4n) is 3.94. The van der Waals surface area contributed by atoms with Gasteiger partial charge in [-0.05, 0) is 55.2 Å². The summed E-state index contributed by atoms with van der Waals surface area (Å²) in [5.41, 5.74) is 4.08. The smallest absolute Gasteiger partial charge is 0.270 e. The van der Waals surface area contributed by atoms with E-state index >= 15 is 0 Å². The van der Waals surface area contributed by atoms with Gasteiger partial charge in [0, 0.05) is 17.8 Å². The van der Waals surface area contributed by atoms with Crippen molar-refractivity contribution in [2.75, 3.05) is 17.3 Å². The van der Waals surface area contributed by atoms with E-state index in [9.17, 15) is 18.5 Å². The first-order valence-corrected chi connectivity index (χ1v) is 12.3. The van der Waals surface area contributed by atoms with Crippen molar-refractivity contribution in [3.05, 3.63) is 52.6 Å². The number of nitro groups is 1. The van der Waals surface area contributed by atoms with Gasteiger partial charge in [0.15, 0.2) is 0 Å². The second-order valence-electron chi connectivity index (χ2n) is 9.17. The van der Waals surface area contributed by atoms with Crippen molar-refractivity contribution in [2.45, 2.75) is 51.3 Å². The highest BCUT2D eigenvalue weighted by Gasteiger charge is 2.28. The summed E-state index contributed by atoms with van der Waals surface area (Å²) in [6.45, 7) is 6.71. The zero-order chi connectivity index (χ0) is 24.2.